The summed E-state index contributed by atoms with van der Waals surface area (Å²) in [7, 11) is 1.68. The number of hydrogen-bond donors (Lipinski definition) is 0. The monoisotopic (exact) mass is 257 g/mol. The van der Waals surface area contributed by atoms with E-state index in [2.05, 4.69) is 4.98 Å². The van der Waals surface area contributed by atoms with Gasteiger partial charge in [0.25, 0.3) is 5.91 Å². The maximum absolute atomic E-state index is 12.2. The Bertz CT molecular complexity index is 627. The van der Waals surface area contributed by atoms with Gasteiger partial charge in [-0.2, -0.15) is 5.26 Å². The van der Waals surface area contributed by atoms with Gasteiger partial charge < -0.3 is 0 Å². The van der Waals surface area contributed by atoms with Crippen LogP contribution in [0.2, 0.25) is 0 Å². The highest BCUT2D eigenvalue weighted by molar-refractivity contribution is 7.14. The summed E-state index contributed by atoms with van der Waals surface area (Å²) >= 11 is 1.42. The Balaban J connectivity index is 2.28. The molecule has 18 heavy (non-hydrogen) atoms. The van der Waals surface area contributed by atoms with Gasteiger partial charge in [-0.1, -0.05) is 6.07 Å². The number of aromatic nitrogens is 1. The van der Waals surface area contributed by atoms with Crippen LogP contribution in [0.1, 0.15) is 21.6 Å². The molecular weight excluding hydrogens is 246 g/mol. The molecule has 0 unspecified atom stereocenters. The molecule has 1 aromatic heterocycles. The van der Waals surface area contributed by atoms with Crippen molar-refractivity contribution in [3.05, 3.63) is 46.5 Å². The summed E-state index contributed by atoms with van der Waals surface area (Å²) in [5, 5.41) is 11.4. The first-order valence-corrected chi connectivity index (χ1v) is 6.20. The van der Waals surface area contributed by atoms with Crippen molar-refractivity contribution in [3.8, 4) is 6.07 Å². The second kappa shape index (κ2) is 4.98. The van der Waals surface area contributed by atoms with Gasteiger partial charge in [0, 0.05) is 18.0 Å². The molecule has 2 aromatic rings. The Kier molecular flexibility index (Phi) is 3.40. The summed E-state index contributed by atoms with van der Waals surface area (Å²) in [4.78, 5) is 18.0. The van der Waals surface area contributed by atoms with E-state index in [0.29, 0.717) is 16.3 Å². The van der Waals surface area contributed by atoms with Crippen LogP contribution in [-0.2, 0) is 0 Å². The average molecular weight is 257 g/mol. The zero-order valence-corrected chi connectivity index (χ0v) is 10.9. The third-order valence-electron chi connectivity index (χ3n) is 2.44. The lowest BCUT2D eigenvalue weighted by Gasteiger charge is -2.13. The molecule has 0 spiro atoms. The van der Waals surface area contributed by atoms with Crippen LogP contribution in [0.25, 0.3) is 0 Å². The normalized spacial score (nSPS) is 9.83. The smallest absolute Gasteiger partial charge is 0.259 e. The first-order chi connectivity index (χ1) is 8.61. The molecule has 0 aliphatic heterocycles. The second-order valence-electron chi connectivity index (χ2n) is 3.83. The summed E-state index contributed by atoms with van der Waals surface area (Å²) in [5.41, 5.74) is 1.86. The van der Waals surface area contributed by atoms with Crippen molar-refractivity contribution in [2.24, 2.45) is 0 Å². The molecule has 5 heteroatoms. The average Bonchev–Trinajstić information content (AvgIpc) is 2.83. The molecule has 0 fully saturated rings. The molecule has 1 aromatic carbocycles. The number of thiazole rings is 1. The molecule has 0 radical (unpaired) electrons. The van der Waals surface area contributed by atoms with Crippen LogP contribution in [0, 0.1) is 18.3 Å². The Morgan fingerprint density at radius 2 is 2.28 bits per heavy atom. The van der Waals surface area contributed by atoms with Gasteiger partial charge in [0.2, 0.25) is 0 Å². The fourth-order valence-electron chi connectivity index (χ4n) is 1.50. The van der Waals surface area contributed by atoms with Crippen molar-refractivity contribution >= 4 is 22.4 Å². The van der Waals surface area contributed by atoms with Crippen LogP contribution < -0.4 is 4.90 Å². The predicted molar refractivity (Wildman–Crippen MR) is 70.7 cm³/mol. The van der Waals surface area contributed by atoms with Crippen molar-refractivity contribution in [3.63, 3.8) is 0 Å². The minimum atomic E-state index is -0.165. The number of carbonyl (C=O) groups excluding carboxylic acids is 1. The highest BCUT2D eigenvalue weighted by Crippen LogP contribution is 2.20. The maximum atomic E-state index is 12.2. The number of nitrogens with zero attached hydrogens (tertiary/aromatic N) is 3. The first-order valence-electron chi connectivity index (χ1n) is 5.32. The van der Waals surface area contributed by atoms with Crippen molar-refractivity contribution in [2.75, 3.05) is 11.9 Å². The summed E-state index contributed by atoms with van der Waals surface area (Å²) < 4.78 is 0. The highest BCUT2D eigenvalue weighted by Gasteiger charge is 2.16. The van der Waals surface area contributed by atoms with Gasteiger partial charge >= 0.3 is 0 Å². The van der Waals surface area contributed by atoms with E-state index in [1.165, 1.54) is 16.2 Å². The van der Waals surface area contributed by atoms with Gasteiger partial charge in [-0.05, 0) is 25.1 Å². The van der Waals surface area contributed by atoms with Crippen LogP contribution in [-0.4, -0.2) is 17.9 Å². The van der Waals surface area contributed by atoms with Crippen molar-refractivity contribution in [2.45, 2.75) is 6.92 Å². The molecule has 4 nitrogen and oxygen atoms in total. The molecule has 0 aliphatic carbocycles. The minimum absolute atomic E-state index is 0.165. The molecule has 0 saturated heterocycles. The zero-order valence-electron chi connectivity index (χ0n) is 10.0. The van der Waals surface area contributed by atoms with E-state index in [1.54, 1.807) is 31.3 Å². The molecule has 0 bridgehead atoms. The molecular formula is C13H11N3OS. The lowest BCUT2D eigenvalue weighted by Crippen LogP contribution is -2.26. The van der Waals surface area contributed by atoms with Gasteiger partial charge in [0.05, 0.1) is 17.3 Å². The third kappa shape index (κ3) is 2.39. The summed E-state index contributed by atoms with van der Waals surface area (Å²) in [6, 6.07) is 8.67. The van der Waals surface area contributed by atoms with Crippen LogP contribution in [0.15, 0.2) is 29.6 Å². The van der Waals surface area contributed by atoms with Gasteiger partial charge in [-0.3, -0.25) is 9.69 Å². The topological polar surface area (TPSA) is 57.0 Å². The minimum Gasteiger partial charge on any atom is -0.287 e. The van der Waals surface area contributed by atoms with E-state index in [9.17, 15) is 4.79 Å². The van der Waals surface area contributed by atoms with Crippen LogP contribution in [0.5, 0.6) is 0 Å². The molecule has 0 N–H and O–H groups in total. The standard InChI is InChI=1S/C13H11N3OS/c1-9-8-18-13(15-9)16(2)12(17)11-5-3-4-10(6-11)7-14/h3-6,8H,1-2H3. The van der Waals surface area contributed by atoms with Crippen LogP contribution >= 0.6 is 11.3 Å². The Labute approximate surface area is 109 Å². The Morgan fingerprint density at radius 1 is 1.50 bits per heavy atom. The van der Waals surface area contributed by atoms with Gasteiger partial charge in [0.1, 0.15) is 0 Å². The van der Waals surface area contributed by atoms with Crippen LogP contribution in [0.3, 0.4) is 0 Å². The largest absolute Gasteiger partial charge is 0.287 e. The van der Waals surface area contributed by atoms with Gasteiger partial charge in [-0.25, -0.2) is 4.98 Å². The Hall–Kier alpha value is -2.19. The van der Waals surface area contributed by atoms with Crippen molar-refractivity contribution in [1.82, 2.24) is 4.98 Å². The predicted octanol–water partition coefficient (Wildman–Crippen LogP) is 2.60. The maximum Gasteiger partial charge on any atom is 0.259 e. The molecule has 0 saturated carbocycles. The fourth-order valence-corrected chi connectivity index (χ4v) is 2.26. The number of carbonyl (C=O) groups is 1. The molecule has 1 amide bonds. The number of anilines is 1. The van der Waals surface area contributed by atoms with Crippen molar-refractivity contribution < 1.29 is 4.79 Å². The van der Waals surface area contributed by atoms with E-state index in [0.717, 1.165) is 5.69 Å². The van der Waals surface area contributed by atoms with E-state index in [-0.39, 0.29) is 5.91 Å². The SMILES string of the molecule is Cc1csc(N(C)C(=O)c2cccc(C#N)c2)n1. The first kappa shape index (κ1) is 12.3. The Morgan fingerprint density at radius 3 is 2.89 bits per heavy atom. The van der Waals surface area contributed by atoms with E-state index >= 15 is 0 Å². The lowest BCUT2D eigenvalue weighted by molar-refractivity contribution is 0.0993. The number of benzene rings is 1. The highest BCUT2D eigenvalue weighted by atomic mass is 32.1. The van der Waals surface area contributed by atoms with E-state index in [4.69, 9.17) is 5.26 Å². The van der Waals surface area contributed by atoms with E-state index in [1.807, 2.05) is 18.4 Å². The molecule has 0 atom stereocenters. The molecule has 1 heterocycles. The third-order valence-corrected chi connectivity index (χ3v) is 3.47. The lowest BCUT2D eigenvalue weighted by atomic mass is 10.1. The van der Waals surface area contributed by atoms with Crippen LogP contribution in [0.4, 0.5) is 5.13 Å². The number of rotatable bonds is 2. The number of amides is 1. The number of aryl methyl sites for hydroxylation is 1. The summed E-state index contributed by atoms with van der Waals surface area (Å²) in [6.07, 6.45) is 0. The quantitative estimate of drug-likeness (QED) is 0.831. The van der Waals surface area contributed by atoms with Gasteiger partial charge in [-0.15, -0.1) is 11.3 Å². The van der Waals surface area contributed by atoms with Gasteiger partial charge in [0.15, 0.2) is 5.13 Å². The molecule has 0 aliphatic rings. The summed E-state index contributed by atoms with van der Waals surface area (Å²) in [5.74, 6) is -0.165. The fraction of sp³-hybridized carbons (Fsp3) is 0.154. The van der Waals surface area contributed by atoms with E-state index < -0.39 is 0 Å². The molecule has 90 valence electrons. The second-order valence-corrected chi connectivity index (χ2v) is 4.66. The zero-order chi connectivity index (χ0) is 13.1. The number of hydrogen-bond acceptors (Lipinski definition) is 4. The van der Waals surface area contributed by atoms with Crippen molar-refractivity contribution in [1.29, 1.82) is 5.26 Å². The summed E-state index contributed by atoms with van der Waals surface area (Å²) in [6.45, 7) is 1.88. The molecule has 2 rings (SSSR count). The number of nitriles is 1.